The van der Waals surface area contributed by atoms with E-state index in [2.05, 4.69) is 16.5 Å². The molecule has 128 valence electrons. The Bertz CT molecular complexity index is 695. The number of aromatic nitrogens is 2. The van der Waals surface area contributed by atoms with Crippen molar-refractivity contribution in [1.29, 1.82) is 0 Å². The Morgan fingerprint density at radius 2 is 2.29 bits per heavy atom. The third kappa shape index (κ3) is 3.67. The zero-order chi connectivity index (χ0) is 16.9. The topological polar surface area (TPSA) is 67.2 Å². The fraction of sp³-hybridized carbons (Fsp3) is 0.471. The molecule has 24 heavy (non-hydrogen) atoms. The number of thiophene rings is 1. The SMILES string of the molecule is CCCC(=O)N1Cc2ccnn2[C@H](C(=O)NCCc2cccs2)C1. The van der Waals surface area contributed by atoms with E-state index in [4.69, 9.17) is 0 Å². The van der Waals surface area contributed by atoms with Crippen LogP contribution in [0.5, 0.6) is 0 Å². The first-order chi connectivity index (χ1) is 11.7. The van der Waals surface area contributed by atoms with Crippen LogP contribution in [0.4, 0.5) is 0 Å². The van der Waals surface area contributed by atoms with E-state index < -0.39 is 6.04 Å². The number of amides is 2. The predicted molar refractivity (Wildman–Crippen MR) is 92.6 cm³/mol. The zero-order valence-electron chi connectivity index (χ0n) is 13.8. The Morgan fingerprint density at radius 1 is 1.42 bits per heavy atom. The van der Waals surface area contributed by atoms with Crippen molar-refractivity contribution < 1.29 is 9.59 Å². The second kappa shape index (κ2) is 7.61. The molecule has 3 heterocycles. The number of carbonyl (C=O) groups is 2. The van der Waals surface area contributed by atoms with E-state index in [1.54, 1.807) is 27.1 Å². The molecule has 1 atom stereocenters. The summed E-state index contributed by atoms with van der Waals surface area (Å²) < 4.78 is 1.75. The van der Waals surface area contributed by atoms with Crippen LogP contribution in [0.25, 0.3) is 0 Å². The van der Waals surface area contributed by atoms with Gasteiger partial charge < -0.3 is 10.2 Å². The van der Waals surface area contributed by atoms with E-state index >= 15 is 0 Å². The number of hydrogen-bond donors (Lipinski definition) is 1. The van der Waals surface area contributed by atoms with Crippen molar-refractivity contribution in [3.63, 3.8) is 0 Å². The predicted octanol–water partition coefficient (Wildman–Crippen LogP) is 1.99. The van der Waals surface area contributed by atoms with Gasteiger partial charge in [-0.05, 0) is 30.4 Å². The minimum atomic E-state index is -0.451. The summed E-state index contributed by atoms with van der Waals surface area (Å²) >= 11 is 1.69. The molecule has 0 fully saturated rings. The van der Waals surface area contributed by atoms with Crippen LogP contribution in [0.1, 0.15) is 36.4 Å². The summed E-state index contributed by atoms with van der Waals surface area (Å²) in [4.78, 5) is 27.9. The Hall–Kier alpha value is -2.15. The Morgan fingerprint density at radius 3 is 3.04 bits per heavy atom. The fourth-order valence-electron chi connectivity index (χ4n) is 2.93. The van der Waals surface area contributed by atoms with E-state index in [0.29, 0.717) is 26.1 Å². The summed E-state index contributed by atoms with van der Waals surface area (Å²) in [5.74, 6) is 0.0202. The van der Waals surface area contributed by atoms with Crippen LogP contribution in [0.15, 0.2) is 29.8 Å². The van der Waals surface area contributed by atoms with Gasteiger partial charge in [-0.2, -0.15) is 5.10 Å². The lowest BCUT2D eigenvalue weighted by atomic mass is 10.1. The Balaban J connectivity index is 1.64. The molecular weight excluding hydrogens is 324 g/mol. The second-order valence-corrected chi connectivity index (χ2v) is 6.96. The average Bonchev–Trinajstić information content (AvgIpc) is 3.25. The van der Waals surface area contributed by atoms with Crippen LogP contribution in [0.3, 0.4) is 0 Å². The minimum absolute atomic E-state index is 0.0782. The van der Waals surface area contributed by atoms with Gasteiger partial charge in [0.1, 0.15) is 6.04 Å². The summed E-state index contributed by atoms with van der Waals surface area (Å²) in [6, 6.07) is 5.50. The average molecular weight is 346 g/mol. The van der Waals surface area contributed by atoms with Crippen molar-refractivity contribution in [2.75, 3.05) is 13.1 Å². The molecule has 7 heteroatoms. The van der Waals surface area contributed by atoms with E-state index in [9.17, 15) is 9.59 Å². The second-order valence-electron chi connectivity index (χ2n) is 5.93. The Labute approximate surface area is 145 Å². The minimum Gasteiger partial charge on any atom is -0.354 e. The highest BCUT2D eigenvalue weighted by molar-refractivity contribution is 7.09. The van der Waals surface area contributed by atoms with Gasteiger partial charge in [-0.3, -0.25) is 14.3 Å². The van der Waals surface area contributed by atoms with Crippen molar-refractivity contribution in [1.82, 2.24) is 20.0 Å². The molecular formula is C17H22N4O2S. The first-order valence-electron chi connectivity index (χ1n) is 8.29. The lowest BCUT2D eigenvalue weighted by Crippen LogP contribution is -2.47. The normalized spacial score (nSPS) is 16.7. The maximum Gasteiger partial charge on any atom is 0.246 e. The van der Waals surface area contributed by atoms with E-state index in [1.807, 2.05) is 24.4 Å². The molecule has 2 amide bonds. The smallest absolute Gasteiger partial charge is 0.246 e. The highest BCUT2D eigenvalue weighted by atomic mass is 32.1. The molecule has 0 saturated heterocycles. The number of hydrogen-bond acceptors (Lipinski definition) is 4. The largest absolute Gasteiger partial charge is 0.354 e. The van der Waals surface area contributed by atoms with Gasteiger partial charge >= 0.3 is 0 Å². The maximum absolute atomic E-state index is 12.6. The van der Waals surface area contributed by atoms with Crippen LogP contribution in [0.2, 0.25) is 0 Å². The summed E-state index contributed by atoms with van der Waals surface area (Å²) in [7, 11) is 0. The summed E-state index contributed by atoms with van der Waals surface area (Å²) in [5, 5.41) is 9.29. The van der Waals surface area contributed by atoms with Gasteiger partial charge in [0.05, 0.1) is 18.8 Å². The van der Waals surface area contributed by atoms with Gasteiger partial charge in [0, 0.05) is 24.0 Å². The van der Waals surface area contributed by atoms with Gasteiger partial charge in [0.15, 0.2) is 0 Å². The Kier molecular flexibility index (Phi) is 5.30. The van der Waals surface area contributed by atoms with Crippen molar-refractivity contribution in [2.24, 2.45) is 0 Å². The molecule has 6 nitrogen and oxygen atoms in total. The number of fused-ring (bicyclic) bond motifs is 1. The van der Waals surface area contributed by atoms with Crippen molar-refractivity contribution >= 4 is 23.2 Å². The summed E-state index contributed by atoms with van der Waals surface area (Å²) in [6.07, 6.45) is 3.84. The molecule has 0 aliphatic carbocycles. The number of carbonyl (C=O) groups excluding carboxylic acids is 2. The molecule has 0 unspecified atom stereocenters. The van der Waals surface area contributed by atoms with Gasteiger partial charge in [-0.15, -0.1) is 11.3 Å². The van der Waals surface area contributed by atoms with Gasteiger partial charge in [0.2, 0.25) is 11.8 Å². The zero-order valence-corrected chi connectivity index (χ0v) is 14.6. The number of nitrogens with one attached hydrogen (secondary N) is 1. The molecule has 3 rings (SSSR count). The highest BCUT2D eigenvalue weighted by Crippen LogP contribution is 2.21. The van der Waals surface area contributed by atoms with Crippen molar-refractivity contribution in [2.45, 2.75) is 38.8 Å². The maximum atomic E-state index is 12.6. The number of nitrogens with zero attached hydrogens (tertiary/aromatic N) is 3. The van der Waals surface area contributed by atoms with Crippen LogP contribution < -0.4 is 5.32 Å². The number of rotatable bonds is 6. The molecule has 0 radical (unpaired) electrons. The van der Waals surface area contributed by atoms with Crippen molar-refractivity contribution in [3.05, 3.63) is 40.3 Å². The molecule has 2 aromatic heterocycles. The molecule has 0 bridgehead atoms. The van der Waals surface area contributed by atoms with Gasteiger partial charge in [-0.25, -0.2) is 0 Å². The lowest BCUT2D eigenvalue weighted by Gasteiger charge is -2.33. The van der Waals surface area contributed by atoms with Crippen molar-refractivity contribution in [3.8, 4) is 0 Å². The van der Waals surface area contributed by atoms with Crippen LogP contribution in [-0.4, -0.2) is 39.6 Å². The molecule has 0 spiro atoms. The standard InChI is InChI=1S/C17H22N4O2S/c1-2-4-16(22)20-11-13-6-9-19-21(13)15(12-20)17(23)18-8-7-14-5-3-10-24-14/h3,5-6,9-10,15H,2,4,7-8,11-12H2,1H3,(H,18,23)/t15-/m0/s1. The third-order valence-electron chi connectivity index (χ3n) is 4.16. The molecule has 0 saturated carbocycles. The highest BCUT2D eigenvalue weighted by Gasteiger charge is 2.32. The lowest BCUT2D eigenvalue weighted by molar-refractivity contribution is -0.135. The first-order valence-corrected chi connectivity index (χ1v) is 9.17. The van der Waals surface area contributed by atoms with E-state index in [0.717, 1.165) is 18.5 Å². The quantitative estimate of drug-likeness (QED) is 0.870. The van der Waals surface area contributed by atoms with Gasteiger partial charge in [0.25, 0.3) is 0 Å². The van der Waals surface area contributed by atoms with Crippen LogP contribution >= 0.6 is 11.3 Å². The van der Waals surface area contributed by atoms with Gasteiger partial charge in [-0.1, -0.05) is 13.0 Å². The first kappa shape index (κ1) is 16.7. The molecule has 2 aromatic rings. The van der Waals surface area contributed by atoms with Crippen LogP contribution in [-0.2, 0) is 22.6 Å². The summed E-state index contributed by atoms with van der Waals surface area (Å²) in [5.41, 5.74) is 0.907. The third-order valence-corrected chi connectivity index (χ3v) is 5.10. The van der Waals surface area contributed by atoms with E-state index in [1.165, 1.54) is 4.88 Å². The van der Waals surface area contributed by atoms with E-state index in [-0.39, 0.29) is 11.8 Å². The molecule has 1 aliphatic rings. The molecule has 1 N–H and O–H groups in total. The monoisotopic (exact) mass is 346 g/mol. The van der Waals surface area contributed by atoms with Crippen LogP contribution in [0, 0.1) is 0 Å². The molecule has 0 aromatic carbocycles. The fourth-order valence-corrected chi connectivity index (χ4v) is 3.64. The molecule has 1 aliphatic heterocycles. The summed E-state index contributed by atoms with van der Waals surface area (Å²) in [6.45, 7) is 3.49.